The molecule has 5 nitrogen and oxygen atoms in total. The topological polar surface area (TPSA) is 82.2 Å². The van der Waals surface area contributed by atoms with E-state index in [1.807, 2.05) is 0 Å². The first-order chi connectivity index (χ1) is 9.71. The molecule has 2 rings (SSSR count). The fourth-order valence-electron chi connectivity index (χ4n) is 1.83. The highest BCUT2D eigenvalue weighted by Gasteiger charge is 2.65. The van der Waals surface area contributed by atoms with Gasteiger partial charge in [0.05, 0.1) is 0 Å². The molecule has 0 fully saturated rings. The summed E-state index contributed by atoms with van der Waals surface area (Å²) in [6.45, 7) is 1.62. The van der Waals surface area contributed by atoms with Crippen LogP contribution in [0.25, 0.3) is 6.08 Å². The molecule has 0 amide bonds. The van der Waals surface area contributed by atoms with Gasteiger partial charge in [-0.15, -0.1) is 10.2 Å². The van der Waals surface area contributed by atoms with E-state index in [-0.39, 0.29) is 23.1 Å². The van der Waals surface area contributed by atoms with Gasteiger partial charge in [0.25, 0.3) is 0 Å². The molecule has 0 saturated heterocycles. The molecule has 0 saturated carbocycles. The smallest absolute Gasteiger partial charge is 0.442 e. The number of carbonyl (C=O) groups is 1. The Bertz CT molecular complexity index is 645. The standard InChI is InChI=1S/C13H11F3N2O3/c1-2-7(11(20)21)5-8-3-4-9(6-10(8)19)12(17-18-12)13(14,15)16/h3-6,19H,2H2,1H3,(H,20,21). The zero-order valence-corrected chi connectivity index (χ0v) is 10.8. The molecule has 0 spiro atoms. The van der Waals surface area contributed by atoms with E-state index in [0.29, 0.717) is 0 Å². The van der Waals surface area contributed by atoms with Crippen LogP contribution in [0.1, 0.15) is 24.5 Å². The molecule has 0 aliphatic carbocycles. The summed E-state index contributed by atoms with van der Waals surface area (Å²) in [6.07, 6.45) is -3.25. The van der Waals surface area contributed by atoms with Gasteiger partial charge in [-0.25, -0.2) is 4.79 Å². The number of halogens is 3. The van der Waals surface area contributed by atoms with Crippen LogP contribution in [0.5, 0.6) is 5.75 Å². The Morgan fingerprint density at radius 3 is 2.38 bits per heavy atom. The Morgan fingerprint density at radius 1 is 1.38 bits per heavy atom. The summed E-state index contributed by atoms with van der Waals surface area (Å²) in [5.41, 5.74) is -2.76. The molecular weight excluding hydrogens is 289 g/mol. The summed E-state index contributed by atoms with van der Waals surface area (Å²) in [5, 5.41) is 24.7. The van der Waals surface area contributed by atoms with E-state index in [1.165, 1.54) is 12.1 Å². The van der Waals surface area contributed by atoms with Crippen LogP contribution in [-0.4, -0.2) is 22.4 Å². The van der Waals surface area contributed by atoms with Crippen LogP contribution < -0.4 is 0 Å². The normalized spacial score (nSPS) is 16.9. The van der Waals surface area contributed by atoms with Crippen molar-refractivity contribution in [3.63, 3.8) is 0 Å². The number of carboxylic acid groups (broad SMARTS) is 1. The minimum atomic E-state index is -4.67. The van der Waals surface area contributed by atoms with E-state index in [0.717, 1.165) is 12.1 Å². The van der Waals surface area contributed by atoms with Crippen LogP contribution >= 0.6 is 0 Å². The van der Waals surface area contributed by atoms with Gasteiger partial charge in [-0.3, -0.25) is 0 Å². The first-order valence-corrected chi connectivity index (χ1v) is 5.99. The number of carboxylic acids is 1. The van der Waals surface area contributed by atoms with Crippen LogP contribution in [0.15, 0.2) is 34.0 Å². The minimum absolute atomic E-state index is 0.0318. The lowest BCUT2D eigenvalue weighted by molar-refractivity contribution is -0.166. The monoisotopic (exact) mass is 300 g/mol. The summed E-state index contributed by atoms with van der Waals surface area (Å²) >= 11 is 0. The highest BCUT2D eigenvalue weighted by molar-refractivity contribution is 5.92. The zero-order valence-electron chi connectivity index (χ0n) is 10.8. The number of phenols is 1. The van der Waals surface area contributed by atoms with Crippen molar-refractivity contribution in [2.24, 2.45) is 10.2 Å². The molecule has 0 atom stereocenters. The Balaban J connectivity index is 2.38. The van der Waals surface area contributed by atoms with Crippen LogP contribution in [0, 0.1) is 0 Å². The lowest BCUT2D eigenvalue weighted by atomic mass is 9.99. The van der Waals surface area contributed by atoms with E-state index in [2.05, 4.69) is 10.2 Å². The molecule has 1 aliphatic heterocycles. The number of benzene rings is 1. The van der Waals surface area contributed by atoms with Crippen molar-refractivity contribution in [1.29, 1.82) is 0 Å². The second-order valence-electron chi connectivity index (χ2n) is 4.47. The fourth-order valence-corrected chi connectivity index (χ4v) is 1.83. The Labute approximate surface area is 117 Å². The average Bonchev–Trinajstić information content (AvgIpc) is 3.17. The van der Waals surface area contributed by atoms with Crippen molar-refractivity contribution in [1.82, 2.24) is 0 Å². The first-order valence-electron chi connectivity index (χ1n) is 5.99. The van der Waals surface area contributed by atoms with E-state index in [4.69, 9.17) is 5.11 Å². The van der Waals surface area contributed by atoms with Gasteiger partial charge in [-0.05, 0) is 18.6 Å². The first kappa shape index (κ1) is 15.0. The second-order valence-corrected chi connectivity index (χ2v) is 4.47. The highest BCUT2D eigenvalue weighted by Crippen LogP contribution is 2.52. The van der Waals surface area contributed by atoms with E-state index >= 15 is 0 Å². The summed E-state index contributed by atoms with van der Waals surface area (Å²) in [4.78, 5) is 10.9. The largest absolute Gasteiger partial charge is 0.507 e. The highest BCUT2D eigenvalue weighted by atomic mass is 19.4. The Hall–Kier alpha value is -2.38. The maximum Gasteiger partial charge on any atom is 0.442 e. The van der Waals surface area contributed by atoms with Crippen molar-refractivity contribution in [2.75, 3.05) is 0 Å². The molecule has 112 valence electrons. The third-order valence-electron chi connectivity index (χ3n) is 3.11. The fraction of sp³-hybridized carbons (Fsp3) is 0.308. The number of hydrogen-bond acceptors (Lipinski definition) is 4. The molecule has 1 heterocycles. The van der Waals surface area contributed by atoms with Crippen molar-refractivity contribution in [3.05, 3.63) is 34.9 Å². The molecule has 0 unspecified atom stereocenters. The summed E-state index contributed by atoms with van der Waals surface area (Å²) in [7, 11) is 0. The van der Waals surface area contributed by atoms with Crippen LogP contribution in [0.4, 0.5) is 13.2 Å². The lowest BCUT2D eigenvalue weighted by Crippen LogP contribution is -2.30. The zero-order chi connectivity index (χ0) is 15.8. The van der Waals surface area contributed by atoms with Gasteiger partial charge in [0.2, 0.25) is 0 Å². The maximum atomic E-state index is 12.8. The lowest BCUT2D eigenvalue weighted by Gasteiger charge is -2.15. The molecule has 1 aromatic rings. The summed E-state index contributed by atoms with van der Waals surface area (Å²) < 4.78 is 38.5. The quantitative estimate of drug-likeness (QED) is 0.835. The van der Waals surface area contributed by atoms with Gasteiger partial charge in [0.1, 0.15) is 5.75 Å². The predicted molar refractivity (Wildman–Crippen MR) is 66.6 cm³/mol. The molecule has 1 aromatic carbocycles. The van der Waals surface area contributed by atoms with Crippen LogP contribution in [0.3, 0.4) is 0 Å². The van der Waals surface area contributed by atoms with E-state index in [9.17, 15) is 23.1 Å². The van der Waals surface area contributed by atoms with Gasteiger partial charge in [-0.1, -0.05) is 19.1 Å². The van der Waals surface area contributed by atoms with Gasteiger partial charge >= 0.3 is 17.8 Å². The average molecular weight is 300 g/mol. The minimum Gasteiger partial charge on any atom is -0.507 e. The van der Waals surface area contributed by atoms with Gasteiger partial charge in [0, 0.05) is 16.7 Å². The molecule has 0 bridgehead atoms. The molecular formula is C13H11F3N2O3. The third kappa shape index (κ3) is 2.61. The predicted octanol–water partition coefficient (Wildman–Crippen LogP) is 3.45. The number of phenolic OH excluding ortho intramolecular Hbond substituents is 1. The number of hydrogen-bond donors (Lipinski definition) is 2. The maximum absolute atomic E-state index is 12.8. The molecule has 1 aliphatic rings. The van der Waals surface area contributed by atoms with Crippen molar-refractivity contribution >= 4 is 12.0 Å². The number of nitrogens with zero attached hydrogens (tertiary/aromatic N) is 2. The Kier molecular flexibility index (Phi) is 3.48. The van der Waals surface area contributed by atoms with Crippen LogP contribution in [-0.2, 0) is 10.5 Å². The number of aliphatic carboxylic acids is 1. The van der Waals surface area contributed by atoms with Gasteiger partial charge in [0.15, 0.2) is 0 Å². The number of rotatable bonds is 4. The van der Waals surface area contributed by atoms with Gasteiger partial charge in [-0.2, -0.15) is 13.2 Å². The van der Waals surface area contributed by atoms with Gasteiger partial charge < -0.3 is 10.2 Å². The number of alkyl halides is 3. The Morgan fingerprint density at radius 2 is 2.00 bits per heavy atom. The summed E-state index contributed by atoms with van der Waals surface area (Å²) in [5.74, 6) is -1.61. The molecule has 21 heavy (non-hydrogen) atoms. The van der Waals surface area contributed by atoms with E-state index < -0.39 is 23.6 Å². The van der Waals surface area contributed by atoms with Crippen LogP contribution in [0.2, 0.25) is 0 Å². The summed E-state index contributed by atoms with van der Waals surface area (Å²) in [6, 6.07) is 3.22. The molecule has 2 N–H and O–H groups in total. The van der Waals surface area contributed by atoms with Crippen molar-refractivity contribution in [3.8, 4) is 5.75 Å². The molecule has 0 aromatic heterocycles. The number of aromatic hydroxyl groups is 1. The SMILES string of the molecule is CCC(=Cc1ccc(C2(C(F)(F)F)N=N2)cc1O)C(=O)O. The van der Waals surface area contributed by atoms with Crippen molar-refractivity contribution in [2.45, 2.75) is 25.2 Å². The van der Waals surface area contributed by atoms with Crippen molar-refractivity contribution < 1.29 is 28.2 Å². The third-order valence-corrected chi connectivity index (χ3v) is 3.11. The van der Waals surface area contributed by atoms with E-state index in [1.54, 1.807) is 6.92 Å². The molecule has 8 heteroatoms. The molecule has 0 radical (unpaired) electrons. The second kappa shape index (κ2) is 4.87.